The summed E-state index contributed by atoms with van der Waals surface area (Å²) in [5.41, 5.74) is 0. The third-order valence-electron chi connectivity index (χ3n) is 2.26. The van der Waals surface area contributed by atoms with E-state index in [4.69, 9.17) is 0 Å². The molecular formula is C10H17F3. The number of alkyl halides is 2. The van der Waals surface area contributed by atoms with Gasteiger partial charge in [0.1, 0.15) is 5.83 Å². The summed E-state index contributed by atoms with van der Waals surface area (Å²) in [4.78, 5) is 0. The average Bonchev–Trinajstić information content (AvgIpc) is 2.01. The molecule has 78 valence electrons. The molecule has 0 heterocycles. The maximum absolute atomic E-state index is 13.1. The van der Waals surface area contributed by atoms with E-state index in [2.05, 4.69) is 0 Å². The smallest absolute Gasteiger partial charge is 0.212 e. The zero-order valence-corrected chi connectivity index (χ0v) is 8.57. The standard InChI is InChI=1S/C10H17F3/c1-5-7(2)6-9(11)8(3)10(4,12)13/h6-8H,5H2,1-4H3/b9-6+. The van der Waals surface area contributed by atoms with Gasteiger partial charge in [-0.1, -0.05) is 20.8 Å². The van der Waals surface area contributed by atoms with Crippen molar-refractivity contribution in [3.63, 3.8) is 0 Å². The zero-order valence-electron chi connectivity index (χ0n) is 8.57. The highest BCUT2D eigenvalue weighted by Gasteiger charge is 2.33. The van der Waals surface area contributed by atoms with E-state index in [1.807, 2.05) is 6.92 Å². The molecule has 0 N–H and O–H groups in total. The van der Waals surface area contributed by atoms with Crippen molar-refractivity contribution in [2.75, 3.05) is 0 Å². The third-order valence-corrected chi connectivity index (χ3v) is 2.26. The molecule has 0 radical (unpaired) electrons. The lowest BCUT2D eigenvalue weighted by atomic mass is 9.99. The van der Waals surface area contributed by atoms with Crippen LogP contribution in [0, 0.1) is 11.8 Å². The molecule has 3 heteroatoms. The lowest BCUT2D eigenvalue weighted by Crippen LogP contribution is -2.22. The lowest BCUT2D eigenvalue weighted by Gasteiger charge is -2.18. The van der Waals surface area contributed by atoms with Crippen molar-refractivity contribution >= 4 is 0 Å². The first kappa shape index (κ1) is 12.5. The molecule has 0 aromatic rings. The summed E-state index contributed by atoms with van der Waals surface area (Å²) in [7, 11) is 0. The largest absolute Gasteiger partial charge is 0.254 e. The van der Waals surface area contributed by atoms with Crippen LogP contribution in [0.5, 0.6) is 0 Å². The zero-order chi connectivity index (χ0) is 10.6. The minimum absolute atomic E-state index is 0.0183. The first-order valence-electron chi connectivity index (χ1n) is 4.54. The second-order valence-corrected chi connectivity index (χ2v) is 3.62. The molecule has 0 amide bonds. The van der Waals surface area contributed by atoms with Gasteiger partial charge < -0.3 is 0 Å². The molecule has 0 saturated heterocycles. The van der Waals surface area contributed by atoms with Gasteiger partial charge in [0.2, 0.25) is 0 Å². The van der Waals surface area contributed by atoms with Crippen LogP contribution in [-0.2, 0) is 0 Å². The molecule has 0 aliphatic rings. The van der Waals surface area contributed by atoms with Crippen molar-refractivity contribution in [1.29, 1.82) is 0 Å². The van der Waals surface area contributed by atoms with E-state index < -0.39 is 17.7 Å². The maximum atomic E-state index is 13.1. The van der Waals surface area contributed by atoms with Crippen LogP contribution in [0.15, 0.2) is 11.9 Å². The molecule has 0 spiro atoms. The SMILES string of the molecule is CCC(C)/C=C(/F)C(C)C(C)(F)F. The fourth-order valence-corrected chi connectivity index (χ4v) is 0.776. The summed E-state index contributed by atoms with van der Waals surface area (Å²) < 4.78 is 38.4. The van der Waals surface area contributed by atoms with E-state index in [9.17, 15) is 13.2 Å². The van der Waals surface area contributed by atoms with Crippen LogP contribution >= 0.6 is 0 Å². The van der Waals surface area contributed by atoms with Crippen molar-refractivity contribution in [2.45, 2.75) is 40.0 Å². The van der Waals surface area contributed by atoms with Gasteiger partial charge in [-0.25, -0.2) is 13.2 Å². The first-order chi connectivity index (χ1) is 5.79. The minimum Gasteiger partial charge on any atom is -0.212 e. The molecular weight excluding hydrogens is 177 g/mol. The van der Waals surface area contributed by atoms with Crippen LogP contribution in [0.25, 0.3) is 0 Å². The summed E-state index contributed by atoms with van der Waals surface area (Å²) in [6.07, 6.45) is 2.04. The van der Waals surface area contributed by atoms with Gasteiger partial charge in [-0.3, -0.25) is 0 Å². The van der Waals surface area contributed by atoms with Crippen LogP contribution < -0.4 is 0 Å². The summed E-state index contributed by atoms with van der Waals surface area (Å²) in [5.74, 6) is -4.98. The average molecular weight is 194 g/mol. The van der Waals surface area contributed by atoms with E-state index in [1.54, 1.807) is 6.92 Å². The molecule has 2 unspecified atom stereocenters. The van der Waals surface area contributed by atoms with E-state index in [0.29, 0.717) is 0 Å². The molecule has 0 aliphatic carbocycles. The molecule has 0 aromatic carbocycles. The fourth-order valence-electron chi connectivity index (χ4n) is 0.776. The predicted molar refractivity (Wildman–Crippen MR) is 48.4 cm³/mol. The van der Waals surface area contributed by atoms with E-state index in [1.165, 1.54) is 13.0 Å². The summed E-state index contributed by atoms with van der Waals surface area (Å²) in [6, 6.07) is 0. The number of hydrogen-bond donors (Lipinski definition) is 0. The normalized spacial score (nSPS) is 18.5. The Labute approximate surface area is 77.8 Å². The van der Waals surface area contributed by atoms with Gasteiger partial charge >= 0.3 is 0 Å². The Morgan fingerprint density at radius 2 is 1.85 bits per heavy atom. The maximum Gasteiger partial charge on any atom is 0.254 e. The van der Waals surface area contributed by atoms with Gasteiger partial charge in [0.05, 0.1) is 5.92 Å². The van der Waals surface area contributed by atoms with Crippen LogP contribution in [0.1, 0.15) is 34.1 Å². The second kappa shape index (κ2) is 4.68. The molecule has 2 atom stereocenters. The Bertz CT molecular complexity index is 179. The highest BCUT2D eigenvalue weighted by Crippen LogP contribution is 2.31. The number of allylic oxidation sites excluding steroid dienone is 2. The van der Waals surface area contributed by atoms with Gasteiger partial charge in [0.25, 0.3) is 5.92 Å². The molecule has 0 aromatic heterocycles. The van der Waals surface area contributed by atoms with Crippen molar-refractivity contribution in [3.8, 4) is 0 Å². The Hall–Kier alpha value is -0.470. The molecule has 0 fully saturated rings. The Balaban J connectivity index is 4.42. The lowest BCUT2D eigenvalue weighted by molar-refractivity contribution is -0.0256. The van der Waals surface area contributed by atoms with Crippen LogP contribution in [-0.4, -0.2) is 5.92 Å². The van der Waals surface area contributed by atoms with E-state index in [0.717, 1.165) is 13.3 Å². The Morgan fingerprint density at radius 1 is 1.38 bits per heavy atom. The van der Waals surface area contributed by atoms with Crippen LogP contribution in [0.3, 0.4) is 0 Å². The molecule has 0 aliphatic heterocycles. The van der Waals surface area contributed by atoms with Gasteiger partial charge in [-0.2, -0.15) is 0 Å². The summed E-state index contributed by atoms with van der Waals surface area (Å²) >= 11 is 0. The molecule has 13 heavy (non-hydrogen) atoms. The van der Waals surface area contributed by atoms with Crippen LogP contribution in [0.2, 0.25) is 0 Å². The second-order valence-electron chi connectivity index (χ2n) is 3.62. The summed E-state index contributed by atoms with van der Waals surface area (Å²) in [5, 5.41) is 0. The monoisotopic (exact) mass is 194 g/mol. The topological polar surface area (TPSA) is 0 Å². The quantitative estimate of drug-likeness (QED) is 0.629. The number of rotatable bonds is 4. The first-order valence-corrected chi connectivity index (χ1v) is 4.54. The van der Waals surface area contributed by atoms with Gasteiger partial charge in [0, 0.05) is 6.92 Å². The van der Waals surface area contributed by atoms with Crippen molar-refractivity contribution in [2.24, 2.45) is 11.8 Å². The van der Waals surface area contributed by atoms with Crippen LogP contribution in [0.4, 0.5) is 13.2 Å². The number of halogens is 3. The molecule has 0 bridgehead atoms. The highest BCUT2D eigenvalue weighted by molar-refractivity contribution is 5.02. The van der Waals surface area contributed by atoms with Crippen molar-refractivity contribution < 1.29 is 13.2 Å². The fraction of sp³-hybridized carbons (Fsp3) is 0.800. The molecule has 0 rings (SSSR count). The van der Waals surface area contributed by atoms with E-state index in [-0.39, 0.29) is 5.92 Å². The summed E-state index contributed by atoms with van der Waals surface area (Å²) in [6.45, 7) is 5.64. The van der Waals surface area contributed by atoms with Gasteiger partial charge in [-0.05, 0) is 18.4 Å². The minimum atomic E-state index is -2.98. The van der Waals surface area contributed by atoms with Gasteiger partial charge in [-0.15, -0.1) is 0 Å². The molecule has 0 nitrogen and oxygen atoms in total. The van der Waals surface area contributed by atoms with Gasteiger partial charge in [0.15, 0.2) is 0 Å². The van der Waals surface area contributed by atoms with Crippen molar-refractivity contribution in [1.82, 2.24) is 0 Å². The van der Waals surface area contributed by atoms with E-state index >= 15 is 0 Å². The predicted octanol–water partition coefficient (Wildman–Crippen LogP) is 4.18. The highest BCUT2D eigenvalue weighted by atomic mass is 19.3. The number of hydrogen-bond acceptors (Lipinski definition) is 0. The molecule has 0 saturated carbocycles. The van der Waals surface area contributed by atoms with Crippen molar-refractivity contribution in [3.05, 3.63) is 11.9 Å². The third kappa shape index (κ3) is 4.34. The Kier molecular flexibility index (Phi) is 4.51. The Morgan fingerprint density at radius 3 is 2.15 bits per heavy atom.